The molecule has 3 aromatic rings. The number of halogens is 1. The smallest absolute Gasteiger partial charge is 0.232 e. The molecule has 0 bridgehead atoms. The van der Waals surface area contributed by atoms with Gasteiger partial charge in [-0.05, 0) is 42.0 Å². The molecular weight excluding hydrogens is 395 g/mol. The van der Waals surface area contributed by atoms with Crippen LogP contribution in [0.1, 0.15) is 17.0 Å². The Morgan fingerprint density at radius 3 is 2.19 bits per heavy atom. The van der Waals surface area contributed by atoms with Crippen LogP contribution in [0, 0.1) is 17.1 Å². The van der Waals surface area contributed by atoms with Crippen molar-refractivity contribution < 1.29 is 4.39 Å². The molecule has 2 aromatic carbocycles. The first-order valence-corrected chi connectivity index (χ1v) is 10.0. The first kappa shape index (κ1) is 20.7. The lowest BCUT2D eigenvalue weighted by molar-refractivity contribution is 0.120. The number of hydrogen-bond acceptors (Lipinski definition) is 8. The Balaban J connectivity index is 1.32. The molecule has 0 saturated carbocycles. The van der Waals surface area contributed by atoms with Crippen LogP contribution in [-0.4, -0.2) is 50.9 Å². The normalized spacial score (nSPS) is 14.8. The number of nitrogen functional groups attached to an aromatic ring is 1. The Bertz CT molecular complexity index is 1050. The van der Waals surface area contributed by atoms with Crippen LogP contribution in [0.4, 0.5) is 22.0 Å². The molecule has 4 rings (SSSR count). The molecular formula is C22H23FN8. The van der Waals surface area contributed by atoms with E-state index < -0.39 is 0 Å². The highest BCUT2D eigenvalue weighted by molar-refractivity contribution is 5.53. The minimum Gasteiger partial charge on any atom is -0.368 e. The highest BCUT2D eigenvalue weighted by Crippen LogP contribution is 2.16. The molecule has 0 aliphatic carbocycles. The van der Waals surface area contributed by atoms with E-state index in [2.05, 4.69) is 36.1 Å². The monoisotopic (exact) mass is 418 g/mol. The molecule has 1 saturated heterocycles. The number of nitrogens with one attached hydrogen (secondary N) is 1. The van der Waals surface area contributed by atoms with Gasteiger partial charge in [-0.2, -0.15) is 20.2 Å². The molecule has 0 atom stereocenters. The van der Waals surface area contributed by atoms with E-state index in [0.717, 1.165) is 32.7 Å². The number of hydrogen-bond donors (Lipinski definition) is 2. The summed E-state index contributed by atoms with van der Waals surface area (Å²) in [5.41, 5.74) is 8.42. The fraction of sp³-hybridized carbons (Fsp3) is 0.273. The summed E-state index contributed by atoms with van der Waals surface area (Å²) in [6.07, 6.45) is 0. The van der Waals surface area contributed by atoms with E-state index in [-0.39, 0.29) is 11.8 Å². The predicted molar refractivity (Wildman–Crippen MR) is 116 cm³/mol. The van der Waals surface area contributed by atoms with Crippen molar-refractivity contribution >= 4 is 17.6 Å². The number of nitriles is 1. The van der Waals surface area contributed by atoms with Gasteiger partial charge in [0.05, 0.1) is 18.2 Å². The van der Waals surface area contributed by atoms with E-state index in [4.69, 9.17) is 11.0 Å². The summed E-state index contributed by atoms with van der Waals surface area (Å²) in [4.78, 5) is 17.5. The number of aromatic nitrogens is 3. The van der Waals surface area contributed by atoms with Crippen LogP contribution in [0.15, 0.2) is 48.5 Å². The predicted octanol–water partition coefficient (Wildman–Crippen LogP) is 2.53. The fourth-order valence-electron chi connectivity index (χ4n) is 3.48. The molecule has 3 N–H and O–H groups in total. The van der Waals surface area contributed by atoms with Crippen LogP contribution in [0.25, 0.3) is 0 Å². The van der Waals surface area contributed by atoms with E-state index in [1.165, 1.54) is 17.7 Å². The third-order valence-electron chi connectivity index (χ3n) is 5.12. The molecule has 158 valence electrons. The van der Waals surface area contributed by atoms with Crippen molar-refractivity contribution in [2.45, 2.75) is 13.1 Å². The third-order valence-corrected chi connectivity index (χ3v) is 5.12. The van der Waals surface area contributed by atoms with Crippen LogP contribution in [0.5, 0.6) is 0 Å². The van der Waals surface area contributed by atoms with Gasteiger partial charge in [0.2, 0.25) is 11.9 Å². The van der Waals surface area contributed by atoms with Gasteiger partial charge in [-0.1, -0.05) is 12.1 Å². The van der Waals surface area contributed by atoms with Gasteiger partial charge in [-0.15, -0.1) is 0 Å². The maximum atomic E-state index is 13.1. The largest absolute Gasteiger partial charge is 0.368 e. The average molecular weight is 418 g/mol. The quantitative estimate of drug-likeness (QED) is 0.629. The molecule has 1 fully saturated rings. The van der Waals surface area contributed by atoms with Gasteiger partial charge in [-0.25, -0.2) is 4.39 Å². The van der Waals surface area contributed by atoms with Crippen LogP contribution >= 0.6 is 0 Å². The van der Waals surface area contributed by atoms with Crippen LogP contribution in [-0.2, 0) is 13.1 Å². The second kappa shape index (κ2) is 9.47. The fourth-order valence-corrected chi connectivity index (χ4v) is 3.48. The lowest BCUT2D eigenvalue weighted by Crippen LogP contribution is -2.45. The zero-order valence-electron chi connectivity index (χ0n) is 17.0. The van der Waals surface area contributed by atoms with E-state index in [0.29, 0.717) is 29.6 Å². The maximum absolute atomic E-state index is 13.1. The number of nitrogens with zero attached hydrogens (tertiary/aromatic N) is 6. The van der Waals surface area contributed by atoms with Crippen molar-refractivity contribution in [2.75, 3.05) is 37.2 Å². The van der Waals surface area contributed by atoms with Crippen molar-refractivity contribution in [3.05, 3.63) is 71.3 Å². The number of rotatable bonds is 6. The molecule has 8 nitrogen and oxygen atoms in total. The van der Waals surface area contributed by atoms with Gasteiger partial charge in [0.25, 0.3) is 0 Å². The molecule has 0 unspecified atom stereocenters. The Morgan fingerprint density at radius 1 is 0.903 bits per heavy atom. The lowest BCUT2D eigenvalue weighted by Gasteiger charge is -2.34. The Labute approximate surface area is 180 Å². The third kappa shape index (κ3) is 5.72. The van der Waals surface area contributed by atoms with Gasteiger partial charge >= 0.3 is 0 Å². The first-order chi connectivity index (χ1) is 15.1. The topological polar surface area (TPSA) is 107 Å². The van der Waals surface area contributed by atoms with E-state index in [1.807, 2.05) is 24.3 Å². The van der Waals surface area contributed by atoms with Crippen molar-refractivity contribution in [1.29, 1.82) is 5.26 Å². The minimum absolute atomic E-state index is 0.147. The zero-order valence-corrected chi connectivity index (χ0v) is 17.0. The van der Waals surface area contributed by atoms with Crippen molar-refractivity contribution in [1.82, 2.24) is 24.8 Å². The minimum atomic E-state index is -0.306. The average Bonchev–Trinajstić information content (AvgIpc) is 2.77. The second-order valence-corrected chi connectivity index (χ2v) is 7.43. The molecule has 0 radical (unpaired) electrons. The highest BCUT2D eigenvalue weighted by Gasteiger charge is 2.18. The Morgan fingerprint density at radius 2 is 1.55 bits per heavy atom. The van der Waals surface area contributed by atoms with Crippen LogP contribution in [0.3, 0.4) is 0 Å². The van der Waals surface area contributed by atoms with Gasteiger partial charge in [0, 0.05) is 38.4 Å². The molecule has 31 heavy (non-hydrogen) atoms. The standard InChI is InChI=1S/C22H23FN8/c23-18-5-7-19(8-6-18)26-22-28-20(27-21(25)29-22)15-31-11-9-30(10-12-31)14-17-3-1-16(13-24)2-4-17/h1-8H,9-12,14-15H2,(H3,25,26,27,28,29). The van der Waals surface area contributed by atoms with Gasteiger partial charge < -0.3 is 11.1 Å². The molecule has 2 heterocycles. The Kier molecular flexibility index (Phi) is 6.31. The SMILES string of the molecule is N#Cc1ccc(CN2CCN(Cc3nc(N)nc(Nc4ccc(F)cc4)n3)CC2)cc1. The van der Waals surface area contributed by atoms with E-state index in [1.54, 1.807) is 12.1 Å². The molecule has 0 amide bonds. The lowest BCUT2D eigenvalue weighted by atomic mass is 10.1. The number of nitrogens with two attached hydrogens (primary N) is 1. The molecule has 1 aromatic heterocycles. The summed E-state index contributed by atoms with van der Waals surface area (Å²) in [5.74, 6) is 0.778. The molecule has 1 aliphatic rings. The summed E-state index contributed by atoms with van der Waals surface area (Å²) < 4.78 is 13.1. The van der Waals surface area contributed by atoms with Crippen LogP contribution in [0.2, 0.25) is 0 Å². The maximum Gasteiger partial charge on any atom is 0.232 e. The summed E-state index contributed by atoms with van der Waals surface area (Å²) in [6, 6.07) is 15.8. The summed E-state index contributed by atoms with van der Waals surface area (Å²) in [6.45, 7) is 5.09. The highest BCUT2D eigenvalue weighted by atomic mass is 19.1. The summed E-state index contributed by atoms with van der Waals surface area (Å²) in [5, 5.41) is 11.9. The van der Waals surface area contributed by atoms with Crippen LogP contribution < -0.4 is 11.1 Å². The van der Waals surface area contributed by atoms with Crippen molar-refractivity contribution in [2.24, 2.45) is 0 Å². The molecule has 9 heteroatoms. The van der Waals surface area contributed by atoms with Gasteiger partial charge in [0.15, 0.2) is 0 Å². The number of piperazine rings is 1. The number of benzene rings is 2. The van der Waals surface area contributed by atoms with Gasteiger partial charge in [-0.3, -0.25) is 9.80 Å². The molecule has 1 aliphatic heterocycles. The summed E-state index contributed by atoms with van der Waals surface area (Å²) >= 11 is 0. The number of anilines is 3. The van der Waals surface area contributed by atoms with Gasteiger partial charge in [0.1, 0.15) is 11.6 Å². The van der Waals surface area contributed by atoms with E-state index >= 15 is 0 Å². The van der Waals surface area contributed by atoms with Crippen molar-refractivity contribution in [3.8, 4) is 6.07 Å². The van der Waals surface area contributed by atoms with Crippen molar-refractivity contribution in [3.63, 3.8) is 0 Å². The summed E-state index contributed by atoms with van der Waals surface area (Å²) in [7, 11) is 0. The first-order valence-electron chi connectivity index (χ1n) is 10.0. The molecule has 0 spiro atoms. The second-order valence-electron chi connectivity index (χ2n) is 7.43. The zero-order chi connectivity index (χ0) is 21.6. The Hall–Kier alpha value is -3.61. The van der Waals surface area contributed by atoms with E-state index in [9.17, 15) is 4.39 Å².